The summed E-state index contributed by atoms with van der Waals surface area (Å²) in [5.41, 5.74) is 12.1. The number of rotatable bonds is 3. The smallest absolute Gasteiger partial charge is 0.267 e. The van der Waals surface area contributed by atoms with Crippen molar-refractivity contribution in [2.75, 3.05) is 0 Å². The summed E-state index contributed by atoms with van der Waals surface area (Å²) >= 11 is 0. The molecule has 0 saturated carbocycles. The van der Waals surface area contributed by atoms with Crippen LogP contribution in [0.1, 0.15) is 25.0 Å². The third kappa shape index (κ3) is 3.54. The van der Waals surface area contributed by atoms with E-state index < -0.39 is 0 Å². The first-order valence-electron chi connectivity index (χ1n) is 15.3. The minimum Gasteiger partial charge on any atom is -0.267 e. The summed E-state index contributed by atoms with van der Waals surface area (Å²) in [6, 6.07) is 45.7. The van der Waals surface area contributed by atoms with Crippen LogP contribution in [0.2, 0.25) is 0 Å². The Labute approximate surface area is 259 Å². The number of nitrogens with zero attached hydrogens (tertiary/aromatic N) is 2. The van der Waals surface area contributed by atoms with Crippen LogP contribution in [-0.2, 0) is 5.41 Å². The summed E-state index contributed by atoms with van der Waals surface area (Å²) in [5.74, 6) is 0. The van der Waals surface area contributed by atoms with Crippen LogP contribution in [0.15, 0.2) is 143 Å². The van der Waals surface area contributed by atoms with Gasteiger partial charge >= 0.3 is 0 Å². The number of para-hydroxylation sites is 1. The van der Waals surface area contributed by atoms with Crippen LogP contribution in [0.3, 0.4) is 0 Å². The largest absolute Gasteiger partial charge is 0.283 e. The van der Waals surface area contributed by atoms with Crippen molar-refractivity contribution >= 4 is 21.8 Å². The highest BCUT2D eigenvalue weighted by atomic mass is 16.2. The van der Waals surface area contributed by atoms with Gasteiger partial charge in [-0.25, -0.2) is 4.52 Å². The first-order valence-corrected chi connectivity index (χ1v) is 15.3. The van der Waals surface area contributed by atoms with Crippen LogP contribution in [0, 0.1) is 0 Å². The van der Waals surface area contributed by atoms with Crippen LogP contribution < -0.4 is 11.1 Å². The van der Waals surface area contributed by atoms with E-state index in [1.165, 1.54) is 26.8 Å². The lowest BCUT2D eigenvalue weighted by molar-refractivity contribution is 0.660. The Morgan fingerprint density at radius 2 is 1.09 bits per heavy atom. The van der Waals surface area contributed by atoms with E-state index >= 15 is 0 Å². The van der Waals surface area contributed by atoms with Crippen LogP contribution in [0.5, 0.6) is 0 Å². The van der Waals surface area contributed by atoms with E-state index in [-0.39, 0.29) is 16.5 Å². The maximum atomic E-state index is 14.0. The molecular formula is C41H28N2O2. The van der Waals surface area contributed by atoms with E-state index in [1.54, 1.807) is 10.6 Å². The second kappa shape index (κ2) is 9.13. The van der Waals surface area contributed by atoms with Crippen molar-refractivity contribution in [2.45, 2.75) is 19.3 Å². The Hall–Kier alpha value is -5.74. The molecule has 214 valence electrons. The van der Waals surface area contributed by atoms with Crippen molar-refractivity contribution in [3.05, 3.63) is 165 Å². The monoisotopic (exact) mass is 580 g/mol. The maximum absolute atomic E-state index is 14.0. The molecule has 2 aromatic heterocycles. The molecular weight excluding hydrogens is 552 g/mol. The van der Waals surface area contributed by atoms with Crippen molar-refractivity contribution in [1.29, 1.82) is 0 Å². The molecule has 1 aliphatic carbocycles. The zero-order valence-electron chi connectivity index (χ0n) is 24.9. The van der Waals surface area contributed by atoms with Crippen LogP contribution >= 0.6 is 0 Å². The fourth-order valence-corrected chi connectivity index (χ4v) is 7.49. The summed E-state index contributed by atoms with van der Waals surface area (Å²) < 4.78 is 3.04. The minimum absolute atomic E-state index is 0.113. The predicted octanol–water partition coefficient (Wildman–Crippen LogP) is 8.81. The normalized spacial score (nSPS) is 13.5. The van der Waals surface area contributed by atoms with Gasteiger partial charge in [-0.1, -0.05) is 105 Å². The lowest BCUT2D eigenvalue weighted by atomic mass is 9.81. The quantitative estimate of drug-likeness (QED) is 0.210. The summed E-state index contributed by atoms with van der Waals surface area (Å²) in [6.07, 6.45) is 0. The van der Waals surface area contributed by atoms with Crippen molar-refractivity contribution < 1.29 is 0 Å². The number of aromatic nitrogens is 2. The third-order valence-corrected chi connectivity index (χ3v) is 9.70. The summed E-state index contributed by atoms with van der Waals surface area (Å²) in [4.78, 5) is 27.4. The fraction of sp³-hybridized carbons (Fsp3) is 0.0732. The molecule has 0 atom stereocenters. The number of hydrogen-bond acceptors (Lipinski definition) is 2. The average Bonchev–Trinajstić information content (AvgIpc) is 3.64. The van der Waals surface area contributed by atoms with Gasteiger partial charge < -0.3 is 0 Å². The molecule has 0 spiro atoms. The Bertz CT molecular complexity index is 2610. The highest BCUT2D eigenvalue weighted by Crippen LogP contribution is 2.49. The van der Waals surface area contributed by atoms with Crippen molar-refractivity contribution in [1.82, 2.24) is 9.03 Å². The molecule has 0 amide bonds. The van der Waals surface area contributed by atoms with Crippen LogP contribution in [0.25, 0.3) is 66.3 Å². The van der Waals surface area contributed by atoms with E-state index in [1.807, 2.05) is 54.6 Å². The first-order chi connectivity index (χ1) is 21.9. The lowest BCUT2D eigenvalue weighted by Crippen LogP contribution is -2.21. The highest BCUT2D eigenvalue weighted by Gasteiger charge is 2.35. The fourth-order valence-electron chi connectivity index (χ4n) is 7.49. The molecule has 6 aromatic carbocycles. The second-order valence-corrected chi connectivity index (χ2v) is 12.5. The zero-order chi connectivity index (χ0) is 30.4. The molecule has 4 heteroatoms. The van der Waals surface area contributed by atoms with Crippen LogP contribution in [-0.4, -0.2) is 9.03 Å². The van der Waals surface area contributed by atoms with Gasteiger partial charge in [0.05, 0.1) is 21.8 Å². The van der Waals surface area contributed by atoms with E-state index in [2.05, 4.69) is 86.6 Å². The lowest BCUT2D eigenvalue weighted by Gasteiger charge is -2.22. The standard InChI is InChI=1S/C41H28N2O2/c1-41(2)34-16-8-6-13-31(34)32-20-19-26(24-35(32)41)28-21-27(25-11-4-3-5-12-25)22-29(23-28)30-15-10-18-37-38(30)40(45)43-39(44)33-14-7-9-17-36(33)42(37)43/h3-24H,1-2H3. The molecule has 4 nitrogen and oxygen atoms in total. The minimum atomic E-state index is -0.300. The molecule has 0 unspecified atom stereocenters. The van der Waals surface area contributed by atoms with Gasteiger partial charge in [-0.3, -0.25) is 9.59 Å². The molecule has 9 rings (SSSR count). The first kappa shape index (κ1) is 25.7. The van der Waals surface area contributed by atoms with E-state index in [9.17, 15) is 9.59 Å². The molecule has 8 aromatic rings. The van der Waals surface area contributed by atoms with Gasteiger partial charge in [-0.2, -0.15) is 4.52 Å². The maximum Gasteiger partial charge on any atom is 0.283 e. The van der Waals surface area contributed by atoms with Crippen molar-refractivity contribution in [3.8, 4) is 44.5 Å². The van der Waals surface area contributed by atoms with E-state index in [0.717, 1.165) is 44.4 Å². The summed E-state index contributed by atoms with van der Waals surface area (Å²) in [5, 5.41) is 1.08. The Morgan fingerprint density at radius 3 is 1.93 bits per heavy atom. The van der Waals surface area contributed by atoms with E-state index in [0.29, 0.717) is 10.8 Å². The SMILES string of the molecule is CC1(C)c2ccccc2-c2ccc(-c3cc(-c4ccccc4)cc(-c4cccc5c4c(=O)n4c(=O)c6ccccc6n54)c3)cc21. The topological polar surface area (TPSA) is 43.0 Å². The molecule has 2 heterocycles. The second-order valence-electron chi connectivity index (χ2n) is 12.5. The molecule has 45 heavy (non-hydrogen) atoms. The number of fused-ring (bicyclic) bond motifs is 8. The molecule has 0 saturated heterocycles. The van der Waals surface area contributed by atoms with Gasteiger partial charge in [-0.05, 0) is 98.1 Å². The van der Waals surface area contributed by atoms with Gasteiger partial charge in [0, 0.05) is 5.41 Å². The van der Waals surface area contributed by atoms with Gasteiger partial charge in [0.1, 0.15) is 0 Å². The summed E-state index contributed by atoms with van der Waals surface area (Å²) in [6.45, 7) is 4.60. The van der Waals surface area contributed by atoms with Crippen LogP contribution in [0.4, 0.5) is 0 Å². The van der Waals surface area contributed by atoms with E-state index in [4.69, 9.17) is 0 Å². The molecule has 0 aliphatic heterocycles. The number of hydrogen-bond donors (Lipinski definition) is 0. The van der Waals surface area contributed by atoms with Gasteiger partial charge in [0.15, 0.2) is 0 Å². The van der Waals surface area contributed by atoms with Gasteiger partial charge in [-0.15, -0.1) is 0 Å². The Balaban J connectivity index is 1.30. The van der Waals surface area contributed by atoms with Crippen molar-refractivity contribution in [2.24, 2.45) is 0 Å². The predicted molar refractivity (Wildman–Crippen MR) is 183 cm³/mol. The molecule has 0 bridgehead atoms. The average molecular weight is 581 g/mol. The molecule has 0 fully saturated rings. The molecule has 1 aliphatic rings. The zero-order valence-corrected chi connectivity index (χ0v) is 24.9. The summed E-state index contributed by atoms with van der Waals surface area (Å²) in [7, 11) is 0. The third-order valence-electron chi connectivity index (χ3n) is 9.70. The number of benzene rings is 6. The van der Waals surface area contributed by atoms with Crippen molar-refractivity contribution in [3.63, 3.8) is 0 Å². The van der Waals surface area contributed by atoms with Gasteiger partial charge in [0.2, 0.25) is 0 Å². The molecule has 0 radical (unpaired) electrons. The van der Waals surface area contributed by atoms with Gasteiger partial charge in [0.25, 0.3) is 11.1 Å². The highest BCUT2D eigenvalue weighted by molar-refractivity contribution is 5.99. The Morgan fingerprint density at radius 1 is 0.444 bits per heavy atom. The molecule has 0 N–H and O–H groups in total. The Kier molecular flexibility index (Phi) is 5.22.